The second-order valence-electron chi connectivity index (χ2n) is 3.61. The molecule has 1 nitrogen and oxygen atoms in total. The molecule has 0 aliphatic carbocycles. The zero-order chi connectivity index (χ0) is 8.97. The van der Waals surface area contributed by atoms with Crippen molar-refractivity contribution in [3.63, 3.8) is 0 Å². The Morgan fingerprint density at radius 2 is 2.50 bits per heavy atom. The third kappa shape index (κ3) is 2.83. The van der Waals surface area contributed by atoms with Gasteiger partial charge in [0.25, 0.3) is 0 Å². The topological polar surface area (TPSA) is 12.0 Å². The number of rotatable bonds is 4. The van der Waals surface area contributed by atoms with Crippen LogP contribution in [0.5, 0.6) is 0 Å². The Balaban J connectivity index is 2.37. The highest BCUT2D eigenvalue weighted by molar-refractivity contribution is 8.00. The average Bonchev–Trinajstić information content (AvgIpc) is 2.51. The maximum atomic E-state index is 3.97. The summed E-state index contributed by atoms with van der Waals surface area (Å²) in [6, 6.07) is 0.648. The van der Waals surface area contributed by atoms with Crippen molar-refractivity contribution in [3.05, 3.63) is 12.2 Å². The van der Waals surface area contributed by atoms with E-state index in [2.05, 4.69) is 37.6 Å². The van der Waals surface area contributed by atoms with Crippen LogP contribution in [0, 0.1) is 0 Å². The van der Waals surface area contributed by atoms with Gasteiger partial charge in [0, 0.05) is 11.3 Å². The first kappa shape index (κ1) is 10.1. The monoisotopic (exact) mass is 185 g/mol. The Hall–Kier alpha value is 0.0500. The van der Waals surface area contributed by atoms with E-state index in [1.165, 1.54) is 24.2 Å². The molecule has 0 aromatic heterocycles. The van der Waals surface area contributed by atoms with Crippen molar-refractivity contribution in [2.24, 2.45) is 0 Å². The molecule has 2 atom stereocenters. The third-order valence-corrected chi connectivity index (χ3v) is 3.87. The minimum Gasteiger partial charge on any atom is -0.316 e. The van der Waals surface area contributed by atoms with E-state index in [0.29, 0.717) is 6.04 Å². The molecule has 1 saturated heterocycles. The first-order valence-electron chi connectivity index (χ1n) is 4.67. The summed E-state index contributed by atoms with van der Waals surface area (Å²) in [7, 11) is 2.06. The van der Waals surface area contributed by atoms with Crippen LogP contribution in [0.15, 0.2) is 12.2 Å². The Bertz CT molecular complexity index is 150. The molecule has 1 aliphatic rings. The molecular weight excluding hydrogens is 166 g/mol. The maximum Gasteiger partial charge on any atom is 0.0220 e. The lowest BCUT2D eigenvalue weighted by atomic mass is 10.0. The molecule has 0 amide bonds. The average molecular weight is 185 g/mol. The zero-order valence-electron chi connectivity index (χ0n) is 8.10. The van der Waals surface area contributed by atoms with Crippen LogP contribution in [0.4, 0.5) is 0 Å². The third-order valence-electron chi connectivity index (χ3n) is 2.35. The molecule has 70 valence electrons. The molecule has 0 aromatic rings. The fraction of sp³-hybridized carbons (Fsp3) is 0.800. The van der Waals surface area contributed by atoms with Crippen molar-refractivity contribution >= 4 is 11.8 Å². The molecule has 0 radical (unpaired) electrons. The van der Waals surface area contributed by atoms with E-state index in [1.54, 1.807) is 0 Å². The molecular formula is C10H19NS. The summed E-state index contributed by atoms with van der Waals surface area (Å²) in [5.74, 6) is 1.35. The van der Waals surface area contributed by atoms with Gasteiger partial charge in [-0.3, -0.25) is 0 Å². The number of nitrogens with one attached hydrogen (secondary N) is 1. The Labute approximate surface area is 80.0 Å². The second kappa shape index (κ2) is 4.93. The quantitative estimate of drug-likeness (QED) is 0.675. The van der Waals surface area contributed by atoms with Crippen LogP contribution in [-0.2, 0) is 0 Å². The van der Waals surface area contributed by atoms with Gasteiger partial charge in [-0.25, -0.2) is 0 Å². The van der Waals surface area contributed by atoms with Crippen LogP contribution in [-0.4, -0.2) is 24.1 Å². The molecule has 1 fully saturated rings. The predicted octanol–water partition coefficient (Wildman–Crippen LogP) is 2.44. The highest BCUT2D eigenvalue weighted by atomic mass is 32.2. The largest absolute Gasteiger partial charge is 0.316 e. The molecule has 1 N–H and O–H groups in total. The van der Waals surface area contributed by atoms with Gasteiger partial charge in [0.05, 0.1) is 0 Å². The van der Waals surface area contributed by atoms with Crippen LogP contribution in [0.3, 0.4) is 0 Å². The van der Waals surface area contributed by atoms with Crippen LogP contribution >= 0.6 is 11.8 Å². The molecule has 0 bridgehead atoms. The number of thioether (sulfide) groups is 1. The Morgan fingerprint density at radius 1 is 1.75 bits per heavy atom. The lowest BCUT2D eigenvalue weighted by Gasteiger charge is -2.22. The van der Waals surface area contributed by atoms with E-state index in [9.17, 15) is 0 Å². The molecule has 2 heteroatoms. The summed E-state index contributed by atoms with van der Waals surface area (Å²) in [4.78, 5) is 0. The van der Waals surface area contributed by atoms with Crippen molar-refractivity contribution < 1.29 is 0 Å². The highest BCUT2D eigenvalue weighted by Gasteiger charge is 2.23. The molecule has 0 spiro atoms. The maximum absolute atomic E-state index is 3.97. The summed E-state index contributed by atoms with van der Waals surface area (Å²) in [5, 5.41) is 4.22. The van der Waals surface area contributed by atoms with Gasteiger partial charge in [-0.1, -0.05) is 5.57 Å². The fourth-order valence-corrected chi connectivity index (χ4v) is 3.15. The van der Waals surface area contributed by atoms with Crippen molar-refractivity contribution in [2.75, 3.05) is 12.8 Å². The summed E-state index contributed by atoms with van der Waals surface area (Å²) in [5.41, 5.74) is 1.29. The van der Waals surface area contributed by atoms with Gasteiger partial charge < -0.3 is 5.32 Å². The van der Waals surface area contributed by atoms with E-state index in [1.807, 2.05) is 0 Å². The predicted molar refractivity (Wildman–Crippen MR) is 57.8 cm³/mol. The summed E-state index contributed by atoms with van der Waals surface area (Å²) >= 11 is 2.11. The van der Waals surface area contributed by atoms with Gasteiger partial charge >= 0.3 is 0 Å². The van der Waals surface area contributed by atoms with Crippen molar-refractivity contribution in [1.82, 2.24) is 5.32 Å². The molecule has 1 heterocycles. The van der Waals surface area contributed by atoms with Gasteiger partial charge in [0.15, 0.2) is 0 Å². The van der Waals surface area contributed by atoms with E-state index < -0.39 is 0 Å². The van der Waals surface area contributed by atoms with Crippen LogP contribution in [0.25, 0.3) is 0 Å². The Kier molecular flexibility index (Phi) is 4.16. The van der Waals surface area contributed by atoms with Gasteiger partial charge in [-0.2, -0.15) is 11.8 Å². The van der Waals surface area contributed by atoms with Crippen LogP contribution in [0.2, 0.25) is 0 Å². The lowest BCUT2D eigenvalue weighted by molar-refractivity contribution is 0.522. The van der Waals surface area contributed by atoms with E-state index in [0.717, 1.165) is 11.7 Å². The van der Waals surface area contributed by atoms with E-state index >= 15 is 0 Å². The molecule has 12 heavy (non-hydrogen) atoms. The molecule has 1 rings (SSSR count). The van der Waals surface area contributed by atoms with Crippen LogP contribution < -0.4 is 5.32 Å². The normalized spacial score (nSPS) is 25.7. The van der Waals surface area contributed by atoms with Gasteiger partial charge in [0.2, 0.25) is 0 Å². The standard InChI is InChI=1S/C10H19NS/c1-8(2)7-9(11-3)10-5-4-6-12-10/h9-11H,1,4-7H2,2-3H3. The van der Waals surface area contributed by atoms with E-state index in [-0.39, 0.29) is 0 Å². The minimum atomic E-state index is 0.648. The molecule has 1 aliphatic heterocycles. The van der Waals surface area contributed by atoms with Crippen molar-refractivity contribution in [1.29, 1.82) is 0 Å². The lowest BCUT2D eigenvalue weighted by Crippen LogP contribution is -2.34. The fourth-order valence-electron chi connectivity index (χ4n) is 1.71. The molecule has 2 unspecified atom stereocenters. The minimum absolute atomic E-state index is 0.648. The summed E-state index contributed by atoms with van der Waals surface area (Å²) in [6.07, 6.45) is 3.90. The zero-order valence-corrected chi connectivity index (χ0v) is 8.91. The van der Waals surface area contributed by atoms with Crippen LogP contribution in [0.1, 0.15) is 26.2 Å². The number of hydrogen-bond acceptors (Lipinski definition) is 2. The SMILES string of the molecule is C=C(C)CC(NC)C1CCCS1. The van der Waals surface area contributed by atoms with E-state index in [4.69, 9.17) is 0 Å². The van der Waals surface area contributed by atoms with Gasteiger partial charge in [-0.15, -0.1) is 6.58 Å². The first-order valence-corrected chi connectivity index (χ1v) is 5.72. The van der Waals surface area contributed by atoms with Gasteiger partial charge in [0.1, 0.15) is 0 Å². The molecule has 0 aromatic carbocycles. The van der Waals surface area contributed by atoms with Crippen molar-refractivity contribution in [3.8, 4) is 0 Å². The first-order chi connectivity index (χ1) is 5.74. The van der Waals surface area contributed by atoms with Crippen molar-refractivity contribution in [2.45, 2.75) is 37.5 Å². The number of hydrogen-bond donors (Lipinski definition) is 1. The second-order valence-corrected chi connectivity index (χ2v) is 4.95. The van der Waals surface area contributed by atoms with Gasteiger partial charge in [-0.05, 0) is 39.0 Å². The molecule has 0 saturated carbocycles. The highest BCUT2D eigenvalue weighted by Crippen LogP contribution is 2.30. The Morgan fingerprint density at radius 3 is 2.92 bits per heavy atom. The smallest absolute Gasteiger partial charge is 0.0220 e. The summed E-state index contributed by atoms with van der Waals surface area (Å²) < 4.78 is 0. The summed E-state index contributed by atoms with van der Waals surface area (Å²) in [6.45, 7) is 6.08.